The normalized spacial score (nSPS) is 13.1. The molecular weight excluding hydrogens is 206 g/mol. The molecule has 0 aromatic rings. The average molecular weight is 233 g/mol. The summed E-state index contributed by atoms with van der Waals surface area (Å²) in [5.74, 6) is 0. The van der Waals surface area contributed by atoms with Gasteiger partial charge in [0.2, 0.25) is 0 Å². The summed E-state index contributed by atoms with van der Waals surface area (Å²) >= 11 is 0. The quantitative estimate of drug-likeness (QED) is 0.417. The number of allylic oxidation sites excluding steroid dienone is 4. The van der Waals surface area contributed by atoms with Crippen LogP contribution in [0.15, 0.2) is 41.1 Å². The van der Waals surface area contributed by atoms with Crippen LogP contribution in [-0.4, -0.2) is 6.21 Å². The monoisotopic (exact) mass is 233 g/mol. The molecule has 0 aliphatic heterocycles. The summed E-state index contributed by atoms with van der Waals surface area (Å²) < 4.78 is 0. The van der Waals surface area contributed by atoms with E-state index in [1.165, 1.54) is 24.0 Å². The van der Waals surface area contributed by atoms with E-state index in [-0.39, 0.29) is 5.41 Å². The predicted molar refractivity (Wildman–Crippen MR) is 79.5 cm³/mol. The van der Waals surface area contributed by atoms with Crippen molar-refractivity contribution in [2.45, 2.75) is 53.9 Å². The molecule has 0 aromatic carbocycles. The van der Waals surface area contributed by atoms with Crippen molar-refractivity contribution in [3.63, 3.8) is 0 Å². The zero-order chi connectivity index (χ0) is 13.5. The molecule has 0 amide bonds. The molecule has 0 rings (SSSR count). The minimum absolute atomic E-state index is 0.0336. The van der Waals surface area contributed by atoms with Crippen LogP contribution in [0.3, 0.4) is 0 Å². The Labute approximate surface area is 107 Å². The summed E-state index contributed by atoms with van der Waals surface area (Å²) in [6.45, 7) is 18.5. The van der Waals surface area contributed by atoms with E-state index in [1.54, 1.807) is 0 Å². The van der Waals surface area contributed by atoms with Crippen LogP contribution in [0.5, 0.6) is 0 Å². The lowest BCUT2D eigenvalue weighted by atomic mass is 9.85. The summed E-state index contributed by atoms with van der Waals surface area (Å²) in [5.41, 5.74) is 3.31. The third-order valence-corrected chi connectivity index (χ3v) is 2.90. The molecule has 0 aliphatic carbocycles. The second-order valence-corrected chi connectivity index (χ2v) is 5.30. The Bertz CT molecular complexity index is 329. The molecule has 1 heteroatoms. The summed E-state index contributed by atoms with van der Waals surface area (Å²) in [5, 5.41) is 0. The van der Waals surface area contributed by atoms with Crippen LogP contribution in [0.1, 0.15) is 53.9 Å². The molecule has 17 heavy (non-hydrogen) atoms. The third kappa shape index (κ3) is 6.93. The zero-order valence-corrected chi connectivity index (χ0v) is 12.1. The molecule has 0 aromatic heterocycles. The number of rotatable bonds is 7. The molecule has 0 bridgehead atoms. The second-order valence-electron chi connectivity index (χ2n) is 5.30. The SMILES string of the molecule is C=C(/C=C(/C)C(C)(C)C=NC(=C)C)CCCC. The first kappa shape index (κ1) is 15.9. The van der Waals surface area contributed by atoms with E-state index in [0.29, 0.717) is 0 Å². The van der Waals surface area contributed by atoms with E-state index in [2.05, 4.69) is 51.9 Å². The van der Waals surface area contributed by atoms with Crippen molar-refractivity contribution in [2.24, 2.45) is 10.4 Å². The van der Waals surface area contributed by atoms with Crippen LogP contribution in [0.2, 0.25) is 0 Å². The van der Waals surface area contributed by atoms with Gasteiger partial charge in [0.25, 0.3) is 0 Å². The van der Waals surface area contributed by atoms with Gasteiger partial charge in [0.05, 0.1) is 0 Å². The first-order valence-electron chi connectivity index (χ1n) is 6.37. The third-order valence-electron chi connectivity index (χ3n) is 2.90. The molecule has 0 saturated heterocycles. The molecule has 0 atom stereocenters. The van der Waals surface area contributed by atoms with Gasteiger partial charge >= 0.3 is 0 Å². The Kier molecular flexibility index (Phi) is 6.79. The van der Waals surface area contributed by atoms with Crippen molar-refractivity contribution in [1.29, 1.82) is 0 Å². The predicted octanol–water partition coefficient (Wildman–Crippen LogP) is 5.31. The molecule has 0 saturated carbocycles. The summed E-state index contributed by atoms with van der Waals surface area (Å²) in [6, 6.07) is 0. The lowest BCUT2D eigenvalue weighted by Crippen LogP contribution is -2.15. The van der Waals surface area contributed by atoms with Crippen LogP contribution >= 0.6 is 0 Å². The highest BCUT2D eigenvalue weighted by Gasteiger charge is 2.17. The molecule has 0 unspecified atom stereocenters. The lowest BCUT2D eigenvalue weighted by molar-refractivity contribution is 0.639. The molecule has 0 N–H and O–H groups in total. The maximum absolute atomic E-state index is 4.30. The maximum Gasteiger partial charge on any atom is 0.0297 e. The number of nitrogens with zero attached hydrogens (tertiary/aromatic N) is 1. The lowest BCUT2D eigenvalue weighted by Gasteiger charge is -2.21. The van der Waals surface area contributed by atoms with Gasteiger partial charge in [0.1, 0.15) is 0 Å². The molecule has 96 valence electrons. The Morgan fingerprint density at radius 2 is 1.82 bits per heavy atom. The molecule has 0 radical (unpaired) electrons. The van der Waals surface area contributed by atoms with Gasteiger partial charge < -0.3 is 0 Å². The van der Waals surface area contributed by atoms with Gasteiger partial charge in [0.15, 0.2) is 0 Å². The maximum atomic E-state index is 4.30. The van der Waals surface area contributed by atoms with Gasteiger partial charge in [0, 0.05) is 17.3 Å². The zero-order valence-electron chi connectivity index (χ0n) is 12.1. The topological polar surface area (TPSA) is 12.4 Å². The standard InChI is InChI=1S/C16H27N/c1-8-9-10-14(4)11-15(5)16(6,7)12-17-13(2)3/h11-12H,2,4,8-10H2,1,3,5-7H3/b15-11-,17-12?. The van der Waals surface area contributed by atoms with Crippen molar-refractivity contribution in [3.8, 4) is 0 Å². The molecule has 0 aliphatic rings. The fourth-order valence-electron chi connectivity index (χ4n) is 1.34. The highest BCUT2D eigenvalue weighted by Crippen LogP contribution is 2.25. The van der Waals surface area contributed by atoms with Crippen LogP contribution in [0.4, 0.5) is 0 Å². The highest BCUT2D eigenvalue weighted by molar-refractivity contribution is 5.70. The fraction of sp³-hybridized carbons (Fsp3) is 0.562. The van der Waals surface area contributed by atoms with Crippen molar-refractivity contribution in [3.05, 3.63) is 36.1 Å². The molecule has 1 nitrogen and oxygen atoms in total. The van der Waals surface area contributed by atoms with E-state index in [9.17, 15) is 0 Å². The molecular formula is C16H27N. The van der Waals surface area contributed by atoms with E-state index in [0.717, 1.165) is 12.1 Å². The summed E-state index contributed by atoms with van der Waals surface area (Å²) in [7, 11) is 0. The first-order chi connectivity index (χ1) is 7.79. The number of hydrogen-bond donors (Lipinski definition) is 0. The van der Waals surface area contributed by atoms with E-state index >= 15 is 0 Å². The largest absolute Gasteiger partial charge is 0.266 e. The van der Waals surface area contributed by atoms with E-state index < -0.39 is 0 Å². The Hall–Kier alpha value is -1.11. The summed E-state index contributed by atoms with van der Waals surface area (Å²) in [4.78, 5) is 4.30. The number of aliphatic imine (C=N–C) groups is 1. The summed E-state index contributed by atoms with van der Waals surface area (Å²) in [6.07, 6.45) is 7.67. The molecule has 0 spiro atoms. The van der Waals surface area contributed by atoms with Gasteiger partial charge in [-0.2, -0.15) is 0 Å². The highest BCUT2D eigenvalue weighted by atomic mass is 14.7. The van der Waals surface area contributed by atoms with Gasteiger partial charge in [-0.25, -0.2) is 0 Å². The number of hydrogen-bond acceptors (Lipinski definition) is 1. The Balaban J connectivity index is 4.65. The molecule has 0 heterocycles. The van der Waals surface area contributed by atoms with Crippen LogP contribution in [0.25, 0.3) is 0 Å². The Morgan fingerprint density at radius 3 is 2.29 bits per heavy atom. The minimum Gasteiger partial charge on any atom is -0.266 e. The van der Waals surface area contributed by atoms with Crippen molar-refractivity contribution in [2.75, 3.05) is 0 Å². The van der Waals surface area contributed by atoms with Crippen molar-refractivity contribution in [1.82, 2.24) is 0 Å². The van der Waals surface area contributed by atoms with Crippen LogP contribution in [-0.2, 0) is 0 Å². The average Bonchev–Trinajstić information content (AvgIpc) is 2.23. The van der Waals surface area contributed by atoms with Gasteiger partial charge in [-0.3, -0.25) is 4.99 Å². The first-order valence-corrected chi connectivity index (χ1v) is 6.37. The van der Waals surface area contributed by atoms with Crippen molar-refractivity contribution < 1.29 is 0 Å². The second kappa shape index (κ2) is 7.26. The van der Waals surface area contributed by atoms with Gasteiger partial charge in [-0.15, -0.1) is 0 Å². The minimum atomic E-state index is -0.0336. The van der Waals surface area contributed by atoms with Gasteiger partial charge in [-0.1, -0.05) is 57.6 Å². The van der Waals surface area contributed by atoms with Gasteiger partial charge in [-0.05, 0) is 26.7 Å². The molecule has 0 fully saturated rings. The smallest absolute Gasteiger partial charge is 0.0297 e. The van der Waals surface area contributed by atoms with Crippen LogP contribution < -0.4 is 0 Å². The Morgan fingerprint density at radius 1 is 1.24 bits per heavy atom. The fourth-order valence-corrected chi connectivity index (χ4v) is 1.34. The van der Waals surface area contributed by atoms with Crippen LogP contribution in [0, 0.1) is 5.41 Å². The van der Waals surface area contributed by atoms with E-state index in [1.807, 2.05) is 13.1 Å². The van der Waals surface area contributed by atoms with E-state index in [4.69, 9.17) is 0 Å². The van der Waals surface area contributed by atoms with Crippen molar-refractivity contribution >= 4 is 6.21 Å². The number of unbranched alkanes of at least 4 members (excludes halogenated alkanes) is 1.